The summed E-state index contributed by atoms with van der Waals surface area (Å²) >= 11 is 0. The summed E-state index contributed by atoms with van der Waals surface area (Å²) in [6.45, 7) is 7.55. The maximum Gasteiger partial charge on any atom is 0.105 e. The molecule has 0 bridgehead atoms. The van der Waals surface area contributed by atoms with Gasteiger partial charge in [0.15, 0.2) is 0 Å². The third-order valence-corrected chi connectivity index (χ3v) is 2.37. The molecule has 0 aliphatic carbocycles. The van der Waals surface area contributed by atoms with Crippen LogP contribution in [0.1, 0.15) is 24.9 Å². The van der Waals surface area contributed by atoms with Crippen molar-refractivity contribution in [2.45, 2.75) is 33.4 Å². The van der Waals surface area contributed by atoms with Gasteiger partial charge in [-0.25, -0.2) is 4.98 Å². The summed E-state index contributed by atoms with van der Waals surface area (Å²) < 4.78 is 7.57. The number of rotatable bonds is 7. The molecule has 1 aromatic rings. The Morgan fingerprint density at radius 1 is 1.53 bits per heavy atom. The molecule has 0 aliphatic rings. The number of nitrogens with zero attached hydrogens (tertiary/aromatic N) is 2. The summed E-state index contributed by atoms with van der Waals surface area (Å²) in [6, 6.07) is 0. The average Bonchev–Trinajstić information content (AvgIpc) is 2.56. The van der Waals surface area contributed by atoms with Crippen LogP contribution in [0.2, 0.25) is 0 Å². The van der Waals surface area contributed by atoms with Crippen molar-refractivity contribution in [1.82, 2.24) is 14.9 Å². The van der Waals surface area contributed by atoms with Crippen molar-refractivity contribution in [1.29, 1.82) is 0 Å². The van der Waals surface area contributed by atoms with Crippen LogP contribution < -0.4 is 5.32 Å². The van der Waals surface area contributed by atoms with E-state index in [4.69, 9.17) is 4.74 Å². The Kier molecular flexibility index (Phi) is 5.36. The van der Waals surface area contributed by atoms with Gasteiger partial charge in [-0.05, 0) is 27.3 Å². The number of imidazole rings is 1. The zero-order valence-corrected chi connectivity index (χ0v) is 9.92. The van der Waals surface area contributed by atoms with E-state index in [1.54, 1.807) is 0 Å². The zero-order chi connectivity index (χ0) is 11.1. The van der Waals surface area contributed by atoms with Crippen LogP contribution in [-0.4, -0.2) is 29.8 Å². The molecule has 1 rings (SSSR count). The Bertz CT molecular complexity index is 283. The summed E-state index contributed by atoms with van der Waals surface area (Å²) in [6.07, 6.45) is 2.98. The largest absolute Gasteiger partial charge is 0.382 e. The standard InChI is InChI=1S/C11H21N3O/c1-4-15-7-5-6-14-10(2)13-9-11(14)8-12-3/h9,12H,4-8H2,1-3H3. The fourth-order valence-electron chi connectivity index (χ4n) is 1.61. The maximum atomic E-state index is 5.32. The fraction of sp³-hybridized carbons (Fsp3) is 0.727. The van der Waals surface area contributed by atoms with Gasteiger partial charge in [0.25, 0.3) is 0 Å². The average molecular weight is 211 g/mol. The Morgan fingerprint density at radius 2 is 2.33 bits per heavy atom. The van der Waals surface area contributed by atoms with Crippen LogP contribution in [-0.2, 0) is 17.8 Å². The third kappa shape index (κ3) is 3.64. The smallest absolute Gasteiger partial charge is 0.105 e. The molecule has 0 saturated carbocycles. The number of aromatic nitrogens is 2. The highest BCUT2D eigenvalue weighted by atomic mass is 16.5. The molecule has 1 heterocycles. The summed E-state index contributed by atoms with van der Waals surface area (Å²) in [5.74, 6) is 1.08. The van der Waals surface area contributed by atoms with E-state index in [2.05, 4.69) is 14.9 Å². The molecule has 4 heteroatoms. The van der Waals surface area contributed by atoms with Gasteiger partial charge in [0.05, 0.1) is 5.69 Å². The van der Waals surface area contributed by atoms with E-state index < -0.39 is 0 Å². The minimum Gasteiger partial charge on any atom is -0.382 e. The Labute approximate surface area is 91.7 Å². The quantitative estimate of drug-likeness (QED) is 0.692. The van der Waals surface area contributed by atoms with Crippen LogP contribution in [0.25, 0.3) is 0 Å². The van der Waals surface area contributed by atoms with Crippen molar-refractivity contribution in [3.8, 4) is 0 Å². The third-order valence-electron chi connectivity index (χ3n) is 2.37. The number of hydrogen-bond acceptors (Lipinski definition) is 3. The number of aryl methyl sites for hydroxylation is 1. The molecule has 86 valence electrons. The zero-order valence-electron chi connectivity index (χ0n) is 9.92. The SMILES string of the molecule is CCOCCCn1c(CNC)cnc1C. The highest BCUT2D eigenvalue weighted by Crippen LogP contribution is 2.05. The van der Waals surface area contributed by atoms with Crippen molar-refractivity contribution >= 4 is 0 Å². The number of nitrogens with one attached hydrogen (secondary N) is 1. The predicted octanol–water partition coefficient (Wildman–Crippen LogP) is 1.34. The first-order chi connectivity index (χ1) is 7.29. The van der Waals surface area contributed by atoms with E-state index in [9.17, 15) is 0 Å². The van der Waals surface area contributed by atoms with Gasteiger partial charge in [-0.1, -0.05) is 0 Å². The number of ether oxygens (including phenoxy) is 1. The van der Waals surface area contributed by atoms with Gasteiger partial charge < -0.3 is 14.6 Å². The van der Waals surface area contributed by atoms with Crippen molar-refractivity contribution in [3.05, 3.63) is 17.7 Å². The van der Waals surface area contributed by atoms with Gasteiger partial charge in [-0.15, -0.1) is 0 Å². The van der Waals surface area contributed by atoms with Gasteiger partial charge in [-0.3, -0.25) is 0 Å². The lowest BCUT2D eigenvalue weighted by molar-refractivity contribution is 0.141. The molecular formula is C11H21N3O. The fourth-order valence-corrected chi connectivity index (χ4v) is 1.61. The van der Waals surface area contributed by atoms with Crippen LogP contribution in [0.15, 0.2) is 6.20 Å². The first-order valence-electron chi connectivity index (χ1n) is 5.53. The molecule has 0 atom stereocenters. The molecule has 0 fully saturated rings. The van der Waals surface area contributed by atoms with Gasteiger partial charge in [0.1, 0.15) is 5.82 Å². The summed E-state index contributed by atoms with van der Waals surface area (Å²) in [5, 5.41) is 3.15. The number of hydrogen-bond donors (Lipinski definition) is 1. The van der Waals surface area contributed by atoms with Gasteiger partial charge >= 0.3 is 0 Å². The first-order valence-corrected chi connectivity index (χ1v) is 5.53. The second-order valence-electron chi connectivity index (χ2n) is 3.53. The molecule has 4 nitrogen and oxygen atoms in total. The lowest BCUT2D eigenvalue weighted by Crippen LogP contribution is -2.13. The van der Waals surface area contributed by atoms with Crippen LogP contribution in [0.3, 0.4) is 0 Å². The van der Waals surface area contributed by atoms with Crippen molar-refractivity contribution in [2.24, 2.45) is 0 Å². The Morgan fingerprint density at radius 3 is 3.00 bits per heavy atom. The molecule has 1 N–H and O–H groups in total. The lowest BCUT2D eigenvalue weighted by atomic mass is 10.4. The van der Waals surface area contributed by atoms with Crippen LogP contribution in [0.5, 0.6) is 0 Å². The van der Waals surface area contributed by atoms with Crippen molar-refractivity contribution in [2.75, 3.05) is 20.3 Å². The van der Waals surface area contributed by atoms with E-state index in [0.29, 0.717) is 0 Å². The van der Waals surface area contributed by atoms with Crippen molar-refractivity contribution in [3.63, 3.8) is 0 Å². The van der Waals surface area contributed by atoms with E-state index in [-0.39, 0.29) is 0 Å². The van der Waals surface area contributed by atoms with E-state index >= 15 is 0 Å². The molecule has 0 aromatic carbocycles. The van der Waals surface area contributed by atoms with Crippen LogP contribution in [0, 0.1) is 6.92 Å². The Hall–Kier alpha value is -0.870. The lowest BCUT2D eigenvalue weighted by Gasteiger charge is -2.09. The molecular weight excluding hydrogens is 190 g/mol. The normalized spacial score (nSPS) is 10.9. The maximum absolute atomic E-state index is 5.32. The molecule has 0 saturated heterocycles. The molecule has 0 amide bonds. The second kappa shape index (κ2) is 6.58. The van der Waals surface area contributed by atoms with Gasteiger partial charge in [-0.2, -0.15) is 0 Å². The second-order valence-corrected chi connectivity index (χ2v) is 3.53. The highest BCUT2D eigenvalue weighted by molar-refractivity contribution is 5.04. The summed E-state index contributed by atoms with van der Waals surface area (Å²) in [7, 11) is 1.95. The predicted molar refractivity (Wildman–Crippen MR) is 60.8 cm³/mol. The van der Waals surface area contributed by atoms with E-state index in [1.165, 1.54) is 5.69 Å². The minimum absolute atomic E-state index is 0.798. The topological polar surface area (TPSA) is 39.1 Å². The molecule has 0 aliphatic heterocycles. The minimum atomic E-state index is 0.798. The van der Waals surface area contributed by atoms with Crippen molar-refractivity contribution < 1.29 is 4.74 Å². The van der Waals surface area contributed by atoms with Gasteiger partial charge in [0.2, 0.25) is 0 Å². The summed E-state index contributed by atoms with van der Waals surface area (Å²) in [4.78, 5) is 4.32. The molecule has 0 radical (unpaired) electrons. The molecule has 0 spiro atoms. The first kappa shape index (κ1) is 12.2. The van der Waals surface area contributed by atoms with Gasteiger partial charge in [0, 0.05) is 32.5 Å². The van der Waals surface area contributed by atoms with E-state index in [1.807, 2.05) is 27.1 Å². The molecule has 1 aromatic heterocycles. The van der Waals surface area contributed by atoms with E-state index in [0.717, 1.165) is 38.5 Å². The Balaban J connectivity index is 2.46. The molecule has 15 heavy (non-hydrogen) atoms. The highest BCUT2D eigenvalue weighted by Gasteiger charge is 2.04. The van der Waals surface area contributed by atoms with Crippen LogP contribution in [0.4, 0.5) is 0 Å². The van der Waals surface area contributed by atoms with Crippen LogP contribution >= 0.6 is 0 Å². The summed E-state index contributed by atoms with van der Waals surface area (Å²) in [5.41, 5.74) is 1.24. The monoisotopic (exact) mass is 211 g/mol. The molecule has 0 unspecified atom stereocenters.